The first kappa shape index (κ1) is 24.9. The first-order chi connectivity index (χ1) is 16.8. The summed E-state index contributed by atoms with van der Waals surface area (Å²) in [4.78, 5) is 18.0. The molecule has 0 saturated carbocycles. The van der Waals surface area contributed by atoms with E-state index in [0.717, 1.165) is 47.7 Å². The van der Waals surface area contributed by atoms with Gasteiger partial charge in [0.05, 0.1) is 25.3 Å². The van der Waals surface area contributed by atoms with E-state index in [0.29, 0.717) is 24.1 Å². The number of allylic oxidation sites excluding steroid dienone is 4. The van der Waals surface area contributed by atoms with Crippen molar-refractivity contribution in [1.29, 1.82) is 0 Å². The summed E-state index contributed by atoms with van der Waals surface area (Å²) in [6, 6.07) is 7.76. The molecule has 1 aromatic carbocycles. The Kier molecular flexibility index (Phi) is 7.51. The summed E-state index contributed by atoms with van der Waals surface area (Å²) in [5, 5.41) is 0. The summed E-state index contributed by atoms with van der Waals surface area (Å²) >= 11 is 0. The molecule has 3 atom stereocenters. The predicted molar refractivity (Wildman–Crippen MR) is 138 cm³/mol. The lowest BCUT2D eigenvalue weighted by atomic mass is 10.1. The van der Waals surface area contributed by atoms with Gasteiger partial charge in [-0.3, -0.25) is 4.79 Å². The Morgan fingerprint density at radius 1 is 1.17 bits per heavy atom. The highest BCUT2D eigenvalue weighted by Gasteiger charge is 2.39. The molecule has 2 saturated heterocycles. The third-order valence-electron chi connectivity index (χ3n) is 6.69. The monoisotopic (exact) mass is 476 g/mol. The number of amides is 1. The highest BCUT2D eigenvalue weighted by Crippen LogP contribution is 2.34. The van der Waals surface area contributed by atoms with Crippen molar-refractivity contribution in [2.75, 3.05) is 26.3 Å². The van der Waals surface area contributed by atoms with Gasteiger partial charge in [-0.05, 0) is 63.5 Å². The molecule has 2 bridgehead atoms. The number of morpholine rings is 1. The van der Waals surface area contributed by atoms with Gasteiger partial charge in [-0.2, -0.15) is 0 Å². The van der Waals surface area contributed by atoms with E-state index in [-0.39, 0.29) is 18.6 Å². The number of fused-ring (bicyclic) bond motifs is 3. The molecule has 186 valence electrons. The predicted octanol–water partition coefficient (Wildman–Crippen LogP) is 5.01. The van der Waals surface area contributed by atoms with Gasteiger partial charge in [0.25, 0.3) is 5.91 Å². The molecule has 4 rings (SSSR count). The Labute approximate surface area is 208 Å². The van der Waals surface area contributed by atoms with Crippen LogP contribution in [0, 0.1) is 0 Å². The maximum atomic E-state index is 14.0. The van der Waals surface area contributed by atoms with E-state index >= 15 is 0 Å². The first-order valence-electron chi connectivity index (χ1n) is 12.2. The largest absolute Gasteiger partial charge is 0.485 e. The summed E-state index contributed by atoms with van der Waals surface area (Å²) in [7, 11) is 0. The van der Waals surface area contributed by atoms with E-state index in [2.05, 4.69) is 31.9 Å². The van der Waals surface area contributed by atoms with Crippen LogP contribution in [0.1, 0.15) is 34.1 Å². The molecule has 1 amide bonds. The summed E-state index contributed by atoms with van der Waals surface area (Å²) < 4.78 is 17.7. The lowest BCUT2D eigenvalue weighted by molar-refractivity contribution is -0.138. The molecular formula is C29H36N2O4. The molecule has 0 spiro atoms. The van der Waals surface area contributed by atoms with Crippen LogP contribution in [0.3, 0.4) is 0 Å². The molecule has 0 aromatic heterocycles. The van der Waals surface area contributed by atoms with Crippen LogP contribution < -0.4 is 9.47 Å². The molecular weight excluding hydrogens is 440 g/mol. The van der Waals surface area contributed by atoms with Gasteiger partial charge < -0.3 is 24.0 Å². The van der Waals surface area contributed by atoms with Crippen LogP contribution in [0.25, 0.3) is 0 Å². The maximum absolute atomic E-state index is 14.0. The quantitative estimate of drug-likeness (QED) is 0.494. The minimum atomic E-state index is -0.763. The molecule has 35 heavy (non-hydrogen) atoms. The number of carbonyl (C=O) groups excluding carboxylic acids is 1. The van der Waals surface area contributed by atoms with Crippen molar-refractivity contribution < 1.29 is 19.0 Å². The Hall–Kier alpha value is -3.25. The highest BCUT2D eigenvalue weighted by atomic mass is 16.6. The van der Waals surface area contributed by atoms with Crippen molar-refractivity contribution in [3.8, 4) is 11.5 Å². The Balaban J connectivity index is 1.66. The number of likely N-dealkylation sites (tertiary alicyclic amines) is 1. The fraction of sp³-hybridized carbons (Fsp3) is 0.414. The average molecular weight is 477 g/mol. The van der Waals surface area contributed by atoms with E-state index in [9.17, 15) is 4.79 Å². The fourth-order valence-electron chi connectivity index (χ4n) is 4.77. The van der Waals surface area contributed by atoms with Crippen molar-refractivity contribution in [2.24, 2.45) is 0 Å². The van der Waals surface area contributed by atoms with Gasteiger partial charge >= 0.3 is 0 Å². The number of nitrogens with zero attached hydrogens (tertiary/aromatic N) is 2. The molecule has 3 aliphatic rings. The third-order valence-corrected chi connectivity index (χ3v) is 6.69. The minimum absolute atomic E-state index is 0.151. The lowest BCUT2D eigenvalue weighted by Gasteiger charge is -2.34. The van der Waals surface area contributed by atoms with E-state index in [4.69, 9.17) is 14.2 Å². The highest BCUT2D eigenvalue weighted by molar-refractivity contribution is 5.84. The molecule has 1 aromatic rings. The molecule has 0 aliphatic carbocycles. The van der Waals surface area contributed by atoms with Gasteiger partial charge in [0, 0.05) is 17.9 Å². The van der Waals surface area contributed by atoms with E-state index < -0.39 is 6.10 Å². The van der Waals surface area contributed by atoms with Crippen LogP contribution in [0.4, 0.5) is 0 Å². The van der Waals surface area contributed by atoms with Gasteiger partial charge in [-0.1, -0.05) is 43.0 Å². The van der Waals surface area contributed by atoms with Crippen molar-refractivity contribution in [3.63, 3.8) is 0 Å². The van der Waals surface area contributed by atoms with Crippen LogP contribution in [0.2, 0.25) is 0 Å². The number of hydrogen-bond acceptors (Lipinski definition) is 5. The van der Waals surface area contributed by atoms with Crippen molar-refractivity contribution in [3.05, 3.63) is 83.8 Å². The van der Waals surface area contributed by atoms with Crippen molar-refractivity contribution >= 4 is 5.91 Å². The van der Waals surface area contributed by atoms with Crippen LogP contribution >= 0.6 is 0 Å². The van der Waals surface area contributed by atoms with Gasteiger partial charge in [-0.25, -0.2) is 0 Å². The van der Waals surface area contributed by atoms with Gasteiger partial charge in [0.1, 0.15) is 6.61 Å². The van der Waals surface area contributed by atoms with Gasteiger partial charge in [-0.15, -0.1) is 0 Å². The lowest BCUT2D eigenvalue weighted by Crippen LogP contribution is -2.47. The number of para-hydroxylation sites is 2. The second-order valence-electron chi connectivity index (χ2n) is 9.61. The van der Waals surface area contributed by atoms with Crippen LogP contribution in [0.5, 0.6) is 11.5 Å². The molecule has 6 heteroatoms. The summed E-state index contributed by atoms with van der Waals surface area (Å²) in [6.07, 6.45) is 6.54. The third kappa shape index (κ3) is 5.38. The summed E-state index contributed by atoms with van der Waals surface area (Å²) in [6.45, 7) is 18.7. The molecule has 2 fully saturated rings. The number of rotatable bonds is 8. The zero-order chi connectivity index (χ0) is 25.1. The number of benzene rings is 1. The molecule has 6 nitrogen and oxygen atoms in total. The molecule has 0 N–H and O–H groups in total. The Morgan fingerprint density at radius 2 is 1.91 bits per heavy atom. The van der Waals surface area contributed by atoms with Crippen LogP contribution in [0.15, 0.2) is 83.8 Å². The Bertz CT molecular complexity index is 1100. The zero-order valence-electron chi connectivity index (χ0n) is 21.3. The smallest absolute Gasteiger partial charge is 0.271 e. The number of ether oxygens (including phenoxy) is 3. The second-order valence-corrected chi connectivity index (χ2v) is 9.61. The topological polar surface area (TPSA) is 51.2 Å². The molecule has 3 aliphatic heterocycles. The first-order valence-corrected chi connectivity index (χ1v) is 12.2. The minimum Gasteiger partial charge on any atom is -0.485 e. The van der Waals surface area contributed by atoms with Gasteiger partial charge in [0.15, 0.2) is 11.5 Å². The average Bonchev–Trinajstić information content (AvgIpc) is 3.48. The maximum Gasteiger partial charge on any atom is 0.271 e. The van der Waals surface area contributed by atoms with Crippen molar-refractivity contribution in [2.45, 2.75) is 52.4 Å². The normalized spacial score (nSPS) is 22.9. The Morgan fingerprint density at radius 3 is 2.51 bits per heavy atom. The fourth-order valence-corrected chi connectivity index (χ4v) is 4.77. The number of hydrogen-bond donors (Lipinski definition) is 0. The van der Waals surface area contributed by atoms with Crippen LogP contribution in [-0.2, 0) is 9.53 Å². The standard InChI is InChI=1S/C29H36N2O4/c1-7-10-22(19(2)3)15-31(29(32)28-18-34-26-11-8-9-12-27(26)35-28)25(20(4)5)13-21(6)30-16-24-14-23(30)17-33-24/h7-13,23-24,28H,4,6,14-18H2,1-3,5H3/b10-7-,25-13+/t23?,24?,28-/m1/s1. The molecule has 2 unspecified atom stereocenters. The molecule has 0 radical (unpaired) electrons. The van der Waals surface area contributed by atoms with E-state index in [1.165, 1.54) is 0 Å². The van der Waals surface area contributed by atoms with Crippen LogP contribution in [-0.4, -0.2) is 60.3 Å². The molecule has 3 heterocycles. The number of carbonyl (C=O) groups is 1. The van der Waals surface area contributed by atoms with E-state index in [1.807, 2.05) is 56.3 Å². The summed E-state index contributed by atoms with van der Waals surface area (Å²) in [5.41, 5.74) is 4.58. The van der Waals surface area contributed by atoms with Gasteiger partial charge in [0.2, 0.25) is 6.10 Å². The van der Waals surface area contributed by atoms with Crippen molar-refractivity contribution in [1.82, 2.24) is 9.80 Å². The SMILES string of the molecule is C=C(C)/C(=C\C(=C)N1CC2CC1CO2)N(CC(/C=C\C)=C(C)C)C(=O)[C@H]1COc2ccccc2O1. The van der Waals surface area contributed by atoms with E-state index in [1.54, 1.807) is 4.90 Å². The summed E-state index contributed by atoms with van der Waals surface area (Å²) in [5.74, 6) is 1.06. The zero-order valence-corrected chi connectivity index (χ0v) is 21.3. The second kappa shape index (κ2) is 10.6.